The summed E-state index contributed by atoms with van der Waals surface area (Å²) in [5, 5.41) is 0.819. The Morgan fingerprint density at radius 2 is 1.64 bits per heavy atom. The van der Waals surface area contributed by atoms with Gasteiger partial charge in [-0.05, 0) is 18.9 Å². The summed E-state index contributed by atoms with van der Waals surface area (Å²) < 4.78 is 30.0. The maximum Gasteiger partial charge on any atom is 0.245 e. The number of piperazine rings is 1. The van der Waals surface area contributed by atoms with Crippen molar-refractivity contribution in [3.05, 3.63) is 30.5 Å². The summed E-state index contributed by atoms with van der Waals surface area (Å²) in [4.78, 5) is 2.95. The molecule has 1 aromatic carbocycles. The predicted octanol–water partition coefficient (Wildman–Crippen LogP) is 2.82. The number of benzene rings is 1. The van der Waals surface area contributed by atoms with Gasteiger partial charge in [0.25, 0.3) is 0 Å². The molecule has 1 saturated carbocycles. The second-order valence-corrected chi connectivity index (χ2v) is 9.26. The Hall–Kier alpha value is -1.37. The molecule has 0 unspecified atom stereocenters. The van der Waals surface area contributed by atoms with E-state index in [9.17, 15) is 8.42 Å². The molecule has 1 aliphatic heterocycles. The zero-order chi connectivity index (χ0) is 17.4. The number of sulfonamides is 1. The molecule has 0 spiro atoms. The SMILES string of the molecule is Cn1cc(S(=O)(=O)N2CCN(C3CCCCC3)CC2)c2ccccc21. The lowest BCUT2D eigenvalue weighted by molar-refractivity contribution is 0.111. The van der Waals surface area contributed by atoms with Crippen molar-refractivity contribution in [1.29, 1.82) is 0 Å². The van der Waals surface area contributed by atoms with E-state index in [0.29, 0.717) is 24.0 Å². The smallest absolute Gasteiger partial charge is 0.245 e. The number of aryl methyl sites for hydroxylation is 1. The van der Waals surface area contributed by atoms with Crippen molar-refractivity contribution in [3.8, 4) is 0 Å². The Kier molecular flexibility index (Phi) is 4.60. The highest BCUT2D eigenvalue weighted by atomic mass is 32.2. The maximum atomic E-state index is 13.2. The molecule has 0 amide bonds. The van der Waals surface area contributed by atoms with Crippen LogP contribution in [0.2, 0.25) is 0 Å². The van der Waals surface area contributed by atoms with Crippen LogP contribution in [0.3, 0.4) is 0 Å². The van der Waals surface area contributed by atoms with Crippen molar-refractivity contribution in [2.75, 3.05) is 26.2 Å². The largest absolute Gasteiger partial charge is 0.349 e. The van der Waals surface area contributed by atoms with Crippen molar-refractivity contribution in [2.45, 2.75) is 43.0 Å². The van der Waals surface area contributed by atoms with Crippen molar-refractivity contribution >= 4 is 20.9 Å². The number of hydrogen-bond donors (Lipinski definition) is 0. The van der Waals surface area contributed by atoms with Crippen molar-refractivity contribution in [3.63, 3.8) is 0 Å². The summed E-state index contributed by atoms with van der Waals surface area (Å²) in [6, 6.07) is 8.39. The van der Waals surface area contributed by atoms with Gasteiger partial charge in [-0.25, -0.2) is 8.42 Å². The number of aromatic nitrogens is 1. The number of para-hydroxylation sites is 1. The fraction of sp³-hybridized carbons (Fsp3) is 0.579. The van der Waals surface area contributed by atoms with Crippen molar-refractivity contribution in [2.24, 2.45) is 7.05 Å². The van der Waals surface area contributed by atoms with Crippen LogP contribution >= 0.6 is 0 Å². The van der Waals surface area contributed by atoms with Gasteiger partial charge >= 0.3 is 0 Å². The second kappa shape index (κ2) is 6.74. The molecule has 0 atom stereocenters. The monoisotopic (exact) mass is 361 g/mol. The predicted molar refractivity (Wildman–Crippen MR) is 100 cm³/mol. The van der Waals surface area contributed by atoms with Gasteiger partial charge in [-0.15, -0.1) is 0 Å². The first kappa shape index (κ1) is 17.1. The zero-order valence-corrected chi connectivity index (χ0v) is 15.7. The van der Waals surface area contributed by atoms with E-state index in [1.807, 2.05) is 35.9 Å². The standard InChI is InChI=1S/C19H27N3O2S/c1-20-15-19(17-9-5-6-10-18(17)20)25(23,24)22-13-11-21(12-14-22)16-7-3-2-4-8-16/h5-6,9-10,15-16H,2-4,7-8,11-14H2,1H3. The van der Waals surface area contributed by atoms with Crippen molar-refractivity contribution in [1.82, 2.24) is 13.8 Å². The molecule has 2 aromatic rings. The third-order valence-electron chi connectivity index (χ3n) is 5.84. The average molecular weight is 362 g/mol. The molecule has 5 nitrogen and oxygen atoms in total. The highest BCUT2D eigenvalue weighted by molar-refractivity contribution is 7.89. The lowest BCUT2D eigenvalue weighted by Gasteiger charge is -2.40. The van der Waals surface area contributed by atoms with Crippen LogP contribution in [0.1, 0.15) is 32.1 Å². The number of nitrogens with zero attached hydrogens (tertiary/aromatic N) is 3. The van der Waals surface area contributed by atoms with E-state index in [2.05, 4.69) is 4.90 Å². The van der Waals surface area contributed by atoms with E-state index in [-0.39, 0.29) is 0 Å². The van der Waals surface area contributed by atoms with Gasteiger partial charge in [-0.1, -0.05) is 37.5 Å². The molecular formula is C19H27N3O2S. The van der Waals surface area contributed by atoms with Gasteiger partial charge in [0.2, 0.25) is 10.0 Å². The second-order valence-electron chi connectivity index (χ2n) is 7.35. The van der Waals surface area contributed by atoms with Gasteiger partial charge in [0, 0.05) is 56.4 Å². The van der Waals surface area contributed by atoms with Gasteiger partial charge in [-0.3, -0.25) is 4.90 Å². The van der Waals surface area contributed by atoms with Crippen LogP contribution in [-0.2, 0) is 17.1 Å². The molecule has 0 radical (unpaired) electrons. The van der Waals surface area contributed by atoms with Gasteiger partial charge in [0.1, 0.15) is 4.90 Å². The Morgan fingerprint density at radius 3 is 2.36 bits per heavy atom. The third-order valence-corrected chi connectivity index (χ3v) is 7.77. The normalized spacial score (nSPS) is 21.8. The zero-order valence-electron chi connectivity index (χ0n) is 14.9. The van der Waals surface area contributed by atoms with Gasteiger partial charge < -0.3 is 4.57 Å². The van der Waals surface area contributed by atoms with E-state index in [4.69, 9.17) is 0 Å². The maximum absolute atomic E-state index is 13.2. The number of rotatable bonds is 3. The summed E-state index contributed by atoms with van der Waals surface area (Å²) in [5.41, 5.74) is 0.960. The Labute approximate surface area is 150 Å². The molecule has 6 heteroatoms. The molecule has 4 rings (SSSR count). The molecule has 2 aliphatic rings. The van der Waals surface area contributed by atoms with Crippen LogP contribution in [0.5, 0.6) is 0 Å². The summed E-state index contributed by atoms with van der Waals surface area (Å²) in [6.45, 7) is 2.91. The average Bonchev–Trinajstić information content (AvgIpc) is 3.01. The fourth-order valence-corrected chi connectivity index (χ4v) is 6.07. The van der Waals surface area contributed by atoms with E-state index in [1.165, 1.54) is 32.1 Å². The Balaban J connectivity index is 1.53. The first-order valence-electron chi connectivity index (χ1n) is 9.35. The molecule has 1 aromatic heterocycles. The summed E-state index contributed by atoms with van der Waals surface area (Å²) in [5.74, 6) is 0. The molecule has 2 fully saturated rings. The van der Waals surface area contributed by atoms with Crippen LogP contribution < -0.4 is 0 Å². The first-order valence-corrected chi connectivity index (χ1v) is 10.8. The van der Waals surface area contributed by atoms with E-state index in [0.717, 1.165) is 24.0 Å². The highest BCUT2D eigenvalue weighted by Crippen LogP contribution is 2.29. The number of fused-ring (bicyclic) bond motifs is 1. The van der Waals surface area contributed by atoms with E-state index >= 15 is 0 Å². The van der Waals surface area contributed by atoms with E-state index < -0.39 is 10.0 Å². The van der Waals surface area contributed by atoms with Crippen LogP contribution in [0.15, 0.2) is 35.4 Å². The van der Waals surface area contributed by atoms with Crippen LogP contribution in [-0.4, -0.2) is 54.4 Å². The third kappa shape index (κ3) is 3.11. The summed E-state index contributed by atoms with van der Waals surface area (Å²) in [7, 11) is -1.53. The Bertz CT molecular complexity index is 845. The lowest BCUT2D eigenvalue weighted by Crippen LogP contribution is -2.52. The number of hydrogen-bond acceptors (Lipinski definition) is 3. The van der Waals surface area contributed by atoms with Gasteiger partial charge in [0.05, 0.1) is 0 Å². The molecule has 0 N–H and O–H groups in total. The quantitative estimate of drug-likeness (QED) is 0.844. The van der Waals surface area contributed by atoms with E-state index in [1.54, 1.807) is 10.5 Å². The minimum Gasteiger partial charge on any atom is -0.349 e. The van der Waals surface area contributed by atoms with Gasteiger partial charge in [0.15, 0.2) is 0 Å². The van der Waals surface area contributed by atoms with Crippen molar-refractivity contribution < 1.29 is 8.42 Å². The van der Waals surface area contributed by atoms with Crippen LogP contribution in [0.4, 0.5) is 0 Å². The summed E-state index contributed by atoms with van der Waals surface area (Å²) >= 11 is 0. The molecular weight excluding hydrogens is 334 g/mol. The summed E-state index contributed by atoms with van der Waals surface area (Å²) in [6.07, 6.45) is 8.30. The molecule has 136 valence electrons. The van der Waals surface area contributed by atoms with Crippen LogP contribution in [0.25, 0.3) is 10.9 Å². The molecule has 2 heterocycles. The molecule has 0 bridgehead atoms. The fourth-order valence-electron chi connectivity index (χ4n) is 4.40. The minimum atomic E-state index is -3.44. The molecule has 25 heavy (non-hydrogen) atoms. The topological polar surface area (TPSA) is 45.6 Å². The lowest BCUT2D eigenvalue weighted by atomic mass is 9.94. The first-order chi connectivity index (χ1) is 12.1. The molecule has 1 saturated heterocycles. The molecule has 1 aliphatic carbocycles. The van der Waals surface area contributed by atoms with Crippen LogP contribution in [0, 0.1) is 0 Å². The van der Waals surface area contributed by atoms with Gasteiger partial charge in [-0.2, -0.15) is 4.31 Å². The Morgan fingerprint density at radius 1 is 0.960 bits per heavy atom. The minimum absolute atomic E-state index is 0.441. The highest BCUT2D eigenvalue weighted by Gasteiger charge is 2.33.